The first-order valence-corrected chi connectivity index (χ1v) is 6.54. The van der Waals surface area contributed by atoms with Crippen molar-refractivity contribution in [2.75, 3.05) is 13.1 Å². The van der Waals surface area contributed by atoms with Crippen molar-refractivity contribution >= 4 is 6.09 Å². The number of ether oxygens (including phenoxy) is 1. The minimum atomic E-state index is -0.390. The molecule has 0 aliphatic heterocycles. The number of carbonyl (C=O) groups is 1. The van der Waals surface area contributed by atoms with Crippen LogP contribution in [-0.4, -0.2) is 24.8 Å². The van der Waals surface area contributed by atoms with Gasteiger partial charge in [-0.25, -0.2) is 4.79 Å². The molecular formula is C13H32N2O2. The summed E-state index contributed by atoms with van der Waals surface area (Å²) in [4.78, 5) is 10.7. The normalized spacial score (nSPS) is 9.18. The van der Waals surface area contributed by atoms with Crippen LogP contribution in [0.4, 0.5) is 4.79 Å². The maximum atomic E-state index is 10.7. The van der Waals surface area contributed by atoms with E-state index in [0.29, 0.717) is 6.54 Å². The van der Waals surface area contributed by atoms with E-state index < -0.39 is 0 Å². The average molecular weight is 248 g/mol. The van der Waals surface area contributed by atoms with E-state index >= 15 is 0 Å². The van der Waals surface area contributed by atoms with Gasteiger partial charge in [-0.15, -0.1) is 0 Å². The fourth-order valence-corrected chi connectivity index (χ4v) is 0.663. The fraction of sp³-hybridized carbons (Fsp3) is 0.923. The molecule has 0 rings (SSSR count). The van der Waals surface area contributed by atoms with Crippen molar-refractivity contribution in [2.45, 2.75) is 66.9 Å². The van der Waals surface area contributed by atoms with Crippen molar-refractivity contribution in [1.29, 1.82) is 0 Å². The first-order valence-electron chi connectivity index (χ1n) is 6.54. The Morgan fingerprint density at radius 2 is 1.71 bits per heavy atom. The van der Waals surface area contributed by atoms with E-state index in [1.54, 1.807) is 0 Å². The molecule has 0 bridgehead atoms. The average Bonchev–Trinajstić information content (AvgIpc) is 2.20. The Kier molecular flexibility index (Phi) is 19.3. The number of rotatable bonds is 3. The van der Waals surface area contributed by atoms with Crippen LogP contribution in [0.5, 0.6) is 0 Å². The molecule has 0 aromatic carbocycles. The molecule has 0 saturated heterocycles. The molecule has 0 spiro atoms. The van der Waals surface area contributed by atoms with Crippen LogP contribution >= 0.6 is 0 Å². The van der Waals surface area contributed by atoms with E-state index in [1.165, 1.54) is 12.8 Å². The Morgan fingerprint density at radius 3 is 1.88 bits per heavy atom. The Bertz CT molecular complexity index is 152. The zero-order valence-electron chi connectivity index (χ0n) is 12.7. The quantitative estimate of drug-likeness (QED) is 0.805. The predicted molar refractivity (Wildman–Crippen MR) is 75.2 cm³/mol. The first kappa shape index (κ1) is 21.5. The van der Waals surface area contributed by atoms with Crippen LogP contribution in [0.25, 0.3) is 0 Å². The molecule has 0 aromatic heterocycles. The predicted octanol–water partition coefficient (Wildman–Crippen LogP) is 3.30. The smallest absolute Gasteiger partial charge is 0.407 e. The fourth-order valence-electron chi connectivity index (χ4n) is 0.663. The number of hydrogen-bond acceptors (Lipinski definition) is 3. The molecule has 0 aliphatic carbocycles. The van der Waals surface area contributed by atoms with Gasteiger partial charge in [-0.1, -0.05) is 27.2 Å². The third-order valence-electron chi connectivity index (χ3n) is 1.28. The summed E-state index contributed by atoms with van der Waals surface area (Å²) in [5.41, 5.74) is 4.75. The lowest BCUT2D eigenvalue weighted by molar-refractivity contribution is 0.0531. The van der Waals surface area contributed by atoms with E-state index in [0.717, 1.165) is 6.54 Å². The maximum absolute atomic E-state index is 10.7. The molecule has 0 unspecified atom stereocenters. The van der Waals surface area contributed by atoms with Crippen LogP contribution < -0.4 is 11.1 Å². The summed E-state index contributed by atoms with van der Waals surface area (Å²) >= 11 is 0. The van der Waals surface area contributed by atoms with E-state index in [4.69, 9.17) is 10.5 Å². The molecule has 17 heavy (non-hydrogen) atoms. The molecule has 0 heterocycles. The number of amides is 1. The SMILES string of the molecule is CC.CCCCN.CCNC(=O)OC(C)(C)C. The van der Waals surface area contributed by atoms with Crippen molar-refractivity contribution in [3.8, 4) is 0 Å². The van der Waals surface area contributed by atoms with Gasteiger partial charge in [0.25, 0.3) is 0 Å². The summed E-state index contributed by atoms with van der Waals surface area (Å²) in [6.07, 6.45) is 2.03. The standard InChI is InChI=1S/C7H15NO2.C4H11N.C2H6/c1-5-8-6(9)10-7(2,3)4;1-2-3-4-5;1-2/h5H2,1-4H3,(H,8,9);2-5H2,1H3;1-2H3. The zero-order chi connectivity index (χ0) is 14.3. The van der Waals surface area contributed by atoms with Gasteiger partial charge < -0.3 is 15.8 Å². The lowest BCUT2D eigenvalue weighted by Crippen LogP contribution is -2.32. The maximum Gasteiger partial charge on any atom is 0.407 e. The Labute approximate surface area is 107 Å². The molecular weight excluding hydrogens is 216 g/mol. The van der Waals surface area contributed by atoms with Crippen LogP contribution in [0.15, 0.2) is 0 Å². The molecule has 1 amide bonds. The van der Waals surface area contributed by atoms with Crippen LogP contribution in [0, 0.1) is 0 Å². The lowest BCUT2D eigenvalue weighted by Gasteiger charge is -2.19. The highest BCUT2D eigenvalue weighted by molar-refractivity contribution is 5.67. The Balaban J connectivity index is -0.000000236. The molecule has 0 atom stereocenters. The third-order valence-corrected chi connectivity index (χ3v) is 1.28. The van der Waals surface area contributed by atoms with Gasteiger partial charge in [-0.3, -0.25) is 0 Å². The van der Waals surface area contributed by atoms with Gasteiger partial charge in [-0.05, 0) is 40.7 Å². The zero-order valence-corrected chi connectivity index (χ0v) is 12.7. The topological polar surface area (TPSA) is 64.3 Å². The summed E-state index contributed by atoms with van der Waals surface area (Å²) in [6, 6.07) is 0. The van der Waals surface area contributed by atoms with Crippen molar-refractivity contribution in [3.63, 3.8) is 0 Å². The van der Waals surface area contributed by atoms with E-state index in [2.05, 4.69) is 12.2 Å². The van der Waals surface area contributed by atoms with Gasteiger partial charge in [0.1, 0.15) is 5.60 Å². The number of nitrogens with one attached hydrogen (secondary N) is 1. The summed E-state index contributed by atoms with van der Waals surface area (Å²) in [7, 11) is 0. The summed E-state index contributed by atoms with van der Waals surface area (Å²) in [6.45, 7) is 14.9. The summed E-state index contributed by atoms with van der Waals surface area (Å²) in [5.74, 6) is 0. The lowest BCUT2D eigenvalue weighted by atomic mass is 10.2. The Morgan fingerprint density at radius 1 is 1.24 bits per heavy atom. The minimum Gasteiger partial charge on any atom is -0.444 e. The Hall–Kier alpha value is -0.770. The molecule has 0 fully saturated rings. The van der Waals surface area contributed by atoms with Crippen LogP contribution in [0.2, 0.25) is 0 Å². The van der Waals surface area contributed by atoms with Gasteiger partial charge in [0, 0.05) is 6.54 Å². The highest BCUT2D eigenvalue weighted by atomic mass is 16.6. The van der Waals surface area contributed by atoms with Crippen LogP contribution in [0.1, 0.15) is 61.3 Å². The van der Waals surface area contributed by atoms with Gasteiger partial charge in [0.2, 0.25) is 0 Å². The number of carbonyl (C=O) groups excluding carboxylic acids is 1. The van der Waals surface area contributed by atoms with Crippen molar-refractivity contribution in [3.05, 3.63) is 0 Å². The summed E-state index contributed by atoms with van der Waals surface area (Å²) in [5, 5.41) is 2.54. The second-order valence-corrected chi connectivity index (χ2v) is 4.17. The molecule has 3 N–H and O–H groups in total. The highest BCUT2D eigenvalue weighted by Crippen LogP contribution is 2.05. The number of alkyl carbamates (subject to hydrolysis) is 1. The molecule has 106 valence electrons. The second kappa shape index (κ2) is 15.2. The highest BCUT2D eigenvalue weighted by Gasteiger charge is 2.14. The van der Waals surface area contributed by atoms with E-state index in [1.807, 2.05) is 41.5 Å². The van der Waals surface area contributed by atoms with Crippen molar-refractivity contribution < 1.29 is 9.53 Å². The third kappa shape index (κ3) is 31.3. The van der Waals surface area contributed by atoms with E-state index in [-0.39, 0.29) is 11.7 Å². The largest absolute Gasteiger partial charge is 0.444 e. The first-order chi connectivity index (χ1) is 7.87. The van der Waals surface area contributed by atoms with Crippen LogP contribution in [0.3, 0.4) is 0 Å². The molecule has 0 aromatic rings. The monoisotopic (exact) mass is 248 g/mol. The van der Waals surface area contributed by atoms with Crippen molar-refractivity contribution in [1.82, 2.24) is 5.32 Å². The van der Waals surface area contributed by atoms with E-state index in [9.17, 15) is 4.79 Å². The molecule has 0 saturated carbocycles. The molecule has 0 radical (unpaired) electrons. The van der Waals surface area contributed by atoms with Gasteiger partial charge in [-0.2, -0.15) is 0 Å². The van der Waals surface area contributed by atoms with Gasteiger partial charge >= 0.3 is 6.09 Å². The number of hydrogen-bond donors (Lipinski definition) is 2. The molecule has 0 aliphatic rings. The minimum absolute atomic E-state index is 0.352. The number of unbranched alkanes of at least 4 members (excludes halogenated alkanes) is 1. The van der Waals surface area contributed by atoms with Gasteiger partial charge in [0.15, 0.2) is 0 Å². The number of nitrogens with two attached hydrogens (primary N) is 1. The van der Waals surface area contributed by atoms with Gasteiger partial charge in [0.05, 0.1) is 0 Å². The summed E-state index contributed by atoms with van der Waals surface area (Å²) < 4.78 is 4.93. The van der Waals surface area contributed by atoms with Crippen LogP contribution in [-0.2, 0) is 4.74 Å². The molecule has 4 nitrogen and oxygen atoms in total. The second-order valence-electron chi connectivity index (χ2n) is 4.17. The molecule has 4 heteroatoms. The van der Waals surface area contributed by atoms with Crippen molar-refractivity contribution in [2.24, 2.45) is 5.73 Å².